The van der Waals surface area contributed by atoms with E-state index in [0.29, 0.717) is 0 Å². The van der Waals surface area contributed by atoms with Crippen molar-refractivity contribution in [3.63, 3.8) is 0 Å². The molecular formula is C11H15FO. The van der Waals surface area contributed by atoms with Crippen molar-refractivity contribution in [2.24, 2.45) is 0 Å². The molecule has 1 aromatic carbocycles. The molecule has 1 nitrogen and oxygen atoms in total. The smallest absolute Gasteiger partial charge is 0.126 e. The second-order valence-electron chi connectivity index (χ2n) is 2.70. The Balaban J connectivity index is 0.000000396. The van der Waals surface area contributed by atoms with Gasteiger partial charge < -0.3 is 4.74 Å². The SMILES string of the molecule is CC.Fc1ccc2c(c1)OCCC2. The van der Waals surface area contributed by atoms with Gasteiger partial charge in [0.05, 0.1) is 6.61 Å². The van der Waals surface area contributed by atoms with E-state index in [0.717, 1.165) is 30.8 Å². The van der Waals surface area contributed by atoms with Crippen molar-refractivity contribution in [3.8, 4) is 5.75 Å². The first-order valence-electron chi connectivity index (χ1n) is 4.77. The lowest BCUT2D eigenvalue weighted by atomic mass is 10.1. The molecule has 1 heterocycles. The average molecular weight is 182 g/mol. The maximum absolute atomic E-state index is 12.6. The van der Waals surface area contributed by atoms with Gasteiger partial charge >= 0.3 is 0 Å². The van der Waals surface area contributed by atoms with Crippen molar-refractivity contribution in [1.29, 1.82) is 0 Å². The summed E-state index contributed by atoms with van der Waals surface area (Å²) < 4.78 is 17.9. The molecule has 1 aliphatic rings. The van der Waals surface area contributed by atoms with Crippen LogP contribution in [0.15, 0.2) is 18.2 Å². The maximum atomic E-state index is 12.6. The lowest BCUT2D eigenvalue weighted by molar-refractivity contribution is 0.286. The molecule has 0 saturated heterocycles. The number of benzene rings is 1. The van der Waals surface area contributed by atoms with Gasteiger partial charge in [0.1, 0.15) is 11.6 Å². The Kier molecular flexibility index (Phi) is 3.74. The second kappa shape index (κ2) is 4.85. The predicted molar refractivity (Wildman–Crippen MR) is 51.6 cm³/mol. The van der Waals surface area contributed by atoms with Crippen molar-refractivity contribution in [2.75, 3.05) is 6.61 Å². The summed E-state index contributed by atoms with van der Waals surface area (Å²) in [4.78, 5) is 0. The molecule has 0 unspecified atom stereocenters. The van der Waals surface area contributed by atoms with Gasteiger partial charge in [0.15, 0.2) is 0 Å². The maximum Gasteiger partial charge on any atom is 0.126 e. The molecule has 1 aromatic rings. The van der Waals surface area contributed by atoms with E-state index in [1.807, 2.05) is 13.8 Å². The Hall–Kier alpha value is -1.05. The summed E-state index contributed by atoms with van der Waals surface area (Å²) in [6.45, 7) is 4.72. The minimum Gasteiger partial charge on any atom is -0.493 e. The Morgan fingerprint density at radius 2 is 2.08 bits per heavy atom. The first-order valence-corrected chi connectivity index (χ1v) is 4.77. The number of hydrogen-bond acceptors (Lipinski definition) is 1. The van der Waals surface area contributed by atoms with Gasteiger partial charge in [0, 0.05) is 6.07 Å². The molecule has 0 amide bonds. The number of aryl methyl sites for hydroxylation is 1. The van der Waals surface area contributed by atoms with E-state index in [4.69, 9.17) is 4.74 Å². The highest BCUT2D eigenvalue weighted by Gasteiger charge is 2.09. The van der Waals surface area contributed by atoms with Crippen LogP contribution in [0.2, 0.25) is 0 Å². The average Bonchev–Trinajstić information content (AvgIpc) is 2.21. The normalized spacial score (nSPS) is 13.5. The van der Waals surface area contributed by atoms with E-state index in [2.05, 4.69) is 0 Å². The monoisotopic (exact) mass is 182 g/mol. The summed E-state index contributed by atoms with van der Waals surface area (Å²) >= 11 is 0. The molecule has 0 spiro atoms. The molecule has 2 rings (SSSR count). The first-order chi connectivity index (χ1) is 6.36. The predicted octanol–water partition coefficient (Wildman–Crippen LogP) is 3.18. The van der Waals surface area contributed by atoms with Crippen molar-refractivity contribution >= 4 is 0 Å². The third kappa shape index (κ3) is 2.44. The third-order valence-corrected chi connectivity index (χ3v) is 1.88. The van der Waals surface area contributed by atoms with Crippen molar-refractivity contribution in [2.45, 2.75) is 26.7 Å². The summed E-state index contributed by atoms with van der Waals surface area (Å²) in [6.07, 6.45) is 2.05. The highest BCUT2D eigenvalue weighted by atomic mass is 19.1. The van der Waals surface area contributed by atoms with E-state index in [1.165, 1.54) is 12.1 Å². The largest absolute Gasteiger partial charge is 0.493 e. The van der Waals surface area contributed by atoms with Crippen LogP contribution in [0.3, 0.4) is 0 Å². The first kappa shape index (κ1) is 10.0. The van der Waals surface area contributed by atoms with E-state index in [1.54, 1.807) is 6.07 Å². The fourth-order valence-electron chi connectivity index (χ4n) is 1.31. The molecule has 0 atom stereocenters. The second-order valence-corrected chi connectivity index (χ2v) is 2.70. The zero-order valence-electron chi connectivity index (χ0n) is 8.14. The highest BCUT2D eigenvalue weighted by molar-refractivity contribution is 5.35. The van der Waals surface area contributed by atoms with Gasteiger partial charge in [-0.3, -0.25) is 0 Å². The van der Waals surface area contributed by atoms with Crippen LogP contribution in [0.4, 0.5) is 4.39 Å². The van der Waals surface area contributed by atoms with E-state index < -0.39 is 0 Å². The zero-order valence-corrected chi connectivity index (χ0v) is 8.14. The Morgan fingerprint density at radius 3 is 2.85 bits per heavy atom. The summed E-state index contributed by atoms with van der Waals surface area (Å²) in [5, 5.41) is 0. The quantitative estimate of drug-likeness (QED) is 0.598. The van der Waals surface area contributed by atoms with Crippen LogP contribution in [0, 0.1) is 5.82 Å². The Bertz CT molecular complexity index is 271. The van der Waals surface area contributed by atoms with Crippen molar-refractivity contribution in [1.82, 2.24) is 0 Å². The molecule has 0 aliphatic carbocycles. The molecule has 1 aliphatic heterocycles. The minimum absolute atomic E-state index is 0.217. The Labute approximate surface area is 78.5 Å². The molecular weight excluding hydrogens is 167 g/mol. The number of rotatable bonds is 0. The molecule has 0 fully saturated rings. The molecule has 13 heavy (non-hydrogen) atoms. The van der Waals surface area contributed by atoms with Crippen molar-refractivity contribution in [3.05, 3.63) is 29.6 Å². The van der Waals surface area contributed by atoms with Crippen LogP contribution in [0.5, 0.6) is 5.75 Å². The fourth-order valence-corrected chi connectivity index (χ4v) is 1.31. The molecule has 0 saturated carbocycles. The van der Waals surface area contributed by atoms with Gasteiger partial charge in [-0.25, -0.2) is 4.39 Å². The molecule has 0 radical (unpaired) electrons. The van der Waals surface area contributed by atoms with Crippen LogP contribution < -0.4 is 4.74 Å². The summed E-state index contributed by atoms with van der Waals surface area (Å²) in [7, 11) is 0. The van der Waals surface area contributed by atoms with E-state index in [-0.39, 0.29) is 5.82 Å². The van der Waals surface area contributed by atoms with Gasteiger partial charge in [-0.15, -0.1) is 0 Å². The number of halogens is 1. The summed E-state index contributed by atoms with van der Waals surface area (Å²) in [5.41, 5.74) is 1.12. The van der Waals surface area contributed by atoms with Crippen molar-refractivity contribution < 1.29 is 9.13 Å². The minimum atomic E-state index is -0.217. The Morgan fingerprint density at radius 1 is 1.31 bits per heavy atom. The topological polar surface area (TPSA) is 9.23 Å². The lowest BCUT2D eigenvalue weighted by Crippen LogP contribution is -2.08. The van der Waals surface area contributed by atoms with Crippen LogP contribution in [0.25, 0.3) is 0 Å². The summed E-state index contributed by atoms with van der Waals surface area (Å²) in [5.74, 6) is 0.502. The van der Waals surface area contributed by atoms with E-state index in [9.17, 15) is 4.39 Å². The molecule has 0 bridgehead atoms. The standard InChI is InChI=1S/C9H9FO.C2H6/c10-8-4-3-7-2-1-5-11-9(7)6-8;1-2/h3-4,6H,1-2,5H2;1-2H3. The summed E-state index contributed by atoms with van der Waals surface area (Å²) in [6, 6.07) is 4.73. The van der Waals surface area contributed by atoms with Crippen LogP contribution in [-0.4, -0.2) is 6.61 Å². The van der Waals surface area contributed by atoms with Crippen LogP contribution in [-0.2, 0) is 6.42 Å². The molecule has 72 valence electrons. The molecule has 2 heteroatoms. The van der Waals surface area contributed by atoms with Gasteiger partial charge in [-0.1, -0.05) is 19.9 Å². The van der Waals surface area contributed by atoms with Gasteiger partial charge in [-0.2, -0.15) is 0 Å². The lowest BCUT2D eigenvalue weighted by Gasteiger charge is -2.16. The molecule has 0 N–H and O–H groups in total. The van der Waals surface area contributed by atoms with Gasteiger partial charge in [0.25, 0.3) is 0 Å². The highest BCUT2D eigenvalue weighted by Crippen LogP contribution is 2.24. The van der Waals surface area contributed by atoms with Gasteiger partial charge in [-0.05, 0) is 24.5 Å². The van der Waals surface area contributed by atoms with Crippen LogP contribution >= 0.6 is 0 Å². The van der Waals surface area contributed by atoms with Crippen LogP contribution in [0.1, 0.15) is 25.8 Å². The van der Waals surface area contributed by atoms with Gasteiger partial charge in [0.2, 0.25) is 0 Å². The van der Waals surface area contributed by atoms with E-state index >= 15 is 0 Å². The fraction of sp³-hybridized carbons (Fsp3) is 0.455. The number of fused-ring (bicyclic) bond motifs is 1. The number of ether oxygens (including phenoxy) is 1. The molecule has 0 aromatic heterocycles. The number of hydrogen-bond donors (Lipinski definition) is 0. The third-order valence-electron chi connectivity index (χ3n) is 1.88. The zero-order chi connectivity index (χ0) is 9.68.